The van der Waals surface area contributed by atoms with Crippen molar-refractivity contribution in [2.45, 2.75) is 0 Å². The maximum Gasteiger partial charge on any atom is 0.338 e. The summed E-state index contributed by atoms with van der Waals surface area (Å²) >= 11 is 0. The molecule has 0 saturated heterocycles. The van der Waals surface area contributed by atoms with E-state index in [1.807, 2.05) is 60.7 Å². The van der Waals surface area contributed by atoms with Gasteiger partial charge in [0.05, 0.1) is 12.7 Å². The average Bonchev–Trinajstić information content (AvgIpc) is 2.96. The van der Waals surface area contributed by atoms with Crippen LogP contribution in [-0.2, 0) is 4.74 Å². The largest absolute Gasteiger partial charge is 0.465 e. The summed E-state index contributed by atoms with van der Waals surface area (Å²) in [6.07, 6.45) is 0. The molecule has 5 aromatic rings. The van der Waals surface area contributed by atoms with Crippen LogP contribution in [0.25, 0.3) is 0 Å². The van der Waals surface area contributed by atoms with Gasteiger partial charge in [-0.1, -0.05) is 148 Å². The van der Waals surface area contributed by atoms with Gasteiger partial charge < -0.3 is 4.74 Å². The van der Waals surface area contributed by atoms with Crippen molar-refractivity contribution in [1.29, 1.82) is 0 Å². The second kappa shape index (κ2) is 13.5. The molecule has 0 aliphatic carbocycles. The lowest BCUT2D eigenvalue weighted by Crippen LogP contribution is -2.25. The average molecular weight is 507 g/mol. The minimum Gasteiger partial charge on any atom is -0.465 e. The van der Waals surface area contributed by atoms with Gasteiger partial charge >= 0.3 is 5.97 Å². The Balaban J connectivity index is 0.000000197. The number of carbonyl (C=O) groups is 1. The minimum atomic E-state index is -0.806. The van der Waals surface area contributed by atoms with Gasteiger partial charge in [0.25, 0.3) is 0 Å². The highest BCUT2D eigenvalue weighted by atomic mass is 31.1. The zero-order valence-electron chi connectivity index (χ0n) is 20.1. The molecule has 0 N–H and O–H groups in total. The SMILES string of the molecule is COC(=O)c1ccccc1P(c1ccccc1)c1ccccc1.c1ccc(Pc2ccccc2)cc1. The van der Waals surface area contributed by atoms with Gasteiger partial charge in [0.1, 0.15) is 0 Å². The predicted octanol–water partition coefficient (Wildman–Crippen LogP) is 5.55. The summed E-state index contributed by atoms with van der Waals surface area (Å²) in [5, 5.41) is 6.24. The van der Waals surface area contributed by atoms with Gasteiger partial charge in [-0.05, 0) is 40.5 Å². The molecule has 0 spiro atoms. The fourth-order valence-corrected chi connectivity index (χ4v) is 7.23. The summed E-state index contributed by atoms with van der Waals surface area (Å²) in [6, 6.07) is 49.5. The van der Waals surface area contributed by atoms with Crippen LogP contribution in [0.3, 0.4) is 0 Å². The van der Waals surface area contributed by atoms with Crippen molar-refractivity contribution in [1.82, 2.24) is 0 Å². The van der Waals surface area contributed by atoms with Gasteiger partial charge in [0, 0.05) is 0 Å². The van der Waals surface area contributed by atoms with Gasteiger partial charge in [-0.15, -0.1) is 0 Å². The van der Waals surface area contributed by atoms with Crippen molar-refractivity contribution < 1.29 is 9.53 Å². The fourth-order valence-electron chi connectivity index (χ4n) is 3.74. The first kappa shape index (κ1) is 25.5. The van der Waals surface area contributed by atoms with Crippen LogP contribution < -0.4 is 26.5 Å². The molecule has 0 unspecified atom stereocenters. The van der Waals surface area contributed by atoms with Gasteiger partial charge in [-0.25, -0.2) is 4.79 Å². The van der Waals surface area contributed by atoms with E-state index in [0.29, 0.717) is 5.56 Å². The number of benzene rings is 5. The van der Waals surface area contributed by atoms with Crippen LogP contribution in [0.4, 0.5) is 0 Å². The lowest BCUT2D eigenvalue weighted by molar-refractivity contribution is 0.0602. The summed E-state index contributed by atoms with van der Waals surface area (Å²) in [7, 11) is 1.39. The number of hydrogen-bond donors (Lipinski definition) is 0. The summed E-state index contributed by atoms with van der Waals surface area (Å²) in [6.45, 7) is 0. The predicted molar refractivity (Wildman–Crippen MR) is 157 cm³/mol. The molecule has 0 atom stereocenters. The number of esters is 1. The molecule has 0 bridgehead atoms. The molecule has 0 aromatic heterocycles. The van der Waals surface area contributed by atoms with E-state index < -0.39 is 7.92 Å². The van der Waals surface area contributed by atoms with Crippen LogP contribution >= 0.6 is 16.5 Å². The highest BCUT2D eigenvalue weighted by Crippen LogP contribution is 2.34. The summed E-state index contributed by atoms with van der Waals surface area (Å²) in [5.74, 6) is -0.292. The molecule has 36 heavy (non-hydrogen) atoms. The van der Waals surface area contributed by atoms with E-state index in [-0.39, 0.29) is 5.97 Å². The van der Waals surface area contributed by atoms with Gasteiger partial charge in [-0.3, -0.25) is 0 Å². The summed E-state index contributed by atoms with van der Waals surface area (Å²) in [5.41, 5.74) is 0.633. The standard InChI is InChI=1S/C20H17O2P.C12H11P/c1-22-20(21)18-14-8-9-15-19(18)23(16-10-4-2-5-11-16)17-12-6-3-7-13-17;1-3-7-11(8-4-1)13-12-9-5-2-6-10-12/h2-15H,1H3;1-10,13H. The molecule has 5 rings (SSSR count). The van der Waals surface area contributed by atoms with E-state index in [4.69, 9.17) is 4.74 Å². The number of carbonyl (C=O) groups excluding carboxylic acids is 1. The molecule has 0 amide bonds. The lowest BCUT2D eigenvalue weighted by atomic mass is 10.2. The second-order valence-electron chi connectivity index (χ2n) is 7.87. The van der Waals surface area contributed by atoms with E-state index in [1.54, 1.807) is 0 Å². The van der Waals surface area contributed by atoms with Gasteiger partial charge in [0.2, 0.25) is 0 Å². The molecule has 0 fully saturated rings. The van der Waals surface area contributed by atoms with E-state index in [2.05, 4.69) is 84.9 Å². The second-order valence-corrected chi connectivity index (χ2v) is 11.5. The molecule has 0 saturated carbocycles. The Morgan fingerprint density at radius 3 is 1.39 bits per heavy atom. The van der Waals surface area contributed by atoms with Crippen molar-refractivity contribution >= 4 is 49.0 Å². The molecule has 178 valence electrons. The summed E-state index contributed by atoms with van der Waals surface area (Å²) in [4.78, 5) is 12.2. The smallest absolute Gasteiger partial charge is 0.338 e. The molecule has 0 radical (unpaired) electrons. The monoisotopic (exact) mass is 506 g/mol. The zero-order valence-corrected chi connectivity index (χ0v) is 22.0. The number of ether oxygens (including phenoxy) is 1. The molecular formula is C32H28O2P2. The topological polar surface area (TPSA) is 26.3 Å². The first-order valence-corrected chi connectivity index (χ1v) is 14.0. The normalized spacial score (nSPS) is 10.3. The first-order chi connectivity index (χ1) is 17.8. The van der Waals surface area contributed by atoms with Crippen LogP contribution in [-0.4, -0.2) is 13.1 Å². The first-order valence-electron chi connectivity index (χ1n) is 11.7. The van der Waals surface area contributed by atoms with Crippen molar-refractivity contribution in [3.63, 3.8) is 0 Å². The Labute approximate surface area is 216 Å². The Kier molecular flexibility index (Phi) is 9.57. The third kappa shape index (κ3) is 6.98. The Morgan fingerprint density at radius 1 is 0.556 bits per heavy atom. The zero-order chi connectivity index (χ0) is 25.0. The fraction of sp³-hybridized carbons (Fsp3) is 0.0312. The number of methoxy groups -OCH3 is 1. The molecule has 0 aliphatic heterocycles. The molecule has 2 nitrogen and oxygen atoms in total. The van der Waals surface area contributed by atoms with Crippen LogP contribution in [0, 0.1) is 0 Å². The van der Waals surface area contributed by atoms with Crippen molar-refractivity contribution in [2.75, 3.05) is 7.11 Å². The molecule has 4 heteroatoms. The van der Waals surface area contributed by atoms with Gasteiger partial charge in [-0.2, -0.15) is 0 Å². The maximum absolute atomic E-state index is 12.2. The van der Waals surface area contributed by atoms with Crippen LogP contribution in [0.15, 0.2) is 146 Å². The quantitative estimate of drug-likeness (QED) is 0.223. The Bertz CT molecular complexity index is 1270. The van der Waals surface area contributed by atoms with Crippen molar-refractivity contribution in [3.8, 4) is 0 Å². The van der Waals surface area contributed by atoms with Crippen LogP contribution in [0.5, 0.6) is 0 Å². The third-order valence-electron chi connectivity index (χ3n) is 5.42. The van der Waals surface area contributed by atoms with Crippen LogP contribution in [0.1, 0.15) is 10.4 Å². The van der Waals surface area contributed by atoms with Gasteiger partial charge in [0.15, 0.2) is 0 Å². The number of hydrogen-bond acceptors (Lipinski definition) is 2. The number of rotatable bonds is 6. The molecule has 0 heterocycles. The maximum atomic E-state index is 12.2. The lowest BCUT2D eigenvalue weighted by Gasteiger charge is -2.21. The van der Waals surface area contributed by atoms with E-state index in [9.17, 15) is 4.79 Å². The molecular weight excluding hydrogens is 478 g/mol. The Hall–Kier alpha value is -3.57. The molecule has 0 aliphatic rings. The van der Waals surface area contributed by atoms with Crippen molar-refractivity contribution in [3.05, 3.63) is 151 Å². The van der Waals surface area contributed by atoms with E-state index >= 15 is 0 Å². The minimum absolute atomic E-state index is 0.292. The molecule has 5 aromatic carbocycles. The summed E-state index contributed by atoms with van der Waals surface area (Å²) < 4.78 is 4.97. The third-order valence-corrected chi connectivity index (χ3v) is 9.16. The Morgan fingerprint density at radius 2 is 0.944 bits per heavy atom. The van der Waals surface area contributed by atoms with Crippen molar-refractivity contribution in [2.24, 2.45) is 0 Å². The van der Waals surface area contributed by atoms with E-state index in [0.717, 1.165) is 13.9 Å². The highest BCUT2D eigenvalue weighted by molar-refractivity contribution is 7.80. The van der Waals surface area contributed by atoms with Crippen LogP contribution in [0.2, 0.25) is 0 Å². The van der Waals surface area contributed by atoms with E-state index in [1.165, 1.54) is 28.3 Å². The highest BCUT2D eigenvalue weighted by Gasteiger charge is 2.22.